The van der Waals surface area contributed by atoms with E-state index < -0.39 is 14.0 Å². The number of aliphatic imine (C=N–C) groups is 1. The van der Waals surface area contributed by atoms with E-state index in [0.717, 1.165) is 4.38 Å². The molecule has 3 atom stereocenters. The standard InChI is InChI=1S/C9H14BrNO2S3.BrH/c1-5(2)11-8-14-6-4-16(12,13)7(10)9(6,3)15-8;/h5-7H,4H2,1-3H3;1H. The number of sulfone groups is 1. The average Bonchev–Trinajstić information content (AvgIpc) is 2.47. The smallest absolute Gasteiger partial charge is 0.165 e. The van der Waals surface area contributed by atoms with Crippen molar-refractivity contribution in [1.82, 2.24) is 0 Å². The summed E-state index contributed by atoms with van der Waals surface area (Å²) < 4.78 is 23.9. The Morgan fingerprint density at radius 3 is 2.59 bits per heavy atom. The van der Waals surface area contributed by atoms with Gasteiger partial charge in [-0.1, -0.05) is 39.5 Å². The fourth-order valence-corrected chi connectivity index (χ4v) is 9.69. The van der Waals surface area contributed by atoms with Gasteiger partial charge in [-0.15, -0.1) is 17.0 Å². The van der Waals surface area contributed by atoms with E-state index >= 15 is 0 Å². The van der Waals surface area contributed by atoms with Crippen LogP contribution in [-0.4, -0.2) is 38.7 Å². The van der Waals surface area contributed by atoms with Crippen molar-refractivity contribution < 1.29 is 8.42 Å². The van der Waals surface area contributed by atoms with Crippen molar-refractivity contribution in [3.8, 4) is 0 Å². The summed E-state index contributed by atoms with van der Waals surface area (Å²) in [6.45, 7) is 6.09. The fourth-order valence-electron chi connectivity index (χ4n) is 1.83. The topological polar surface area (TPSA) is 46.5 Å². The molecule has 0 N–H and O–H groups in total. The van der Waals surface area contributed by atoms with Gasteiger partial charge in [-0.25, -0.2) is 8.42 Å². The van der Waals surface area contributed by atoms with Crippen LogP contribution in [0.5, 0.6) is 0 Å². The van der Waals surface area contributed by atoms with Crippen molar-refractivity contribution in [2.24, 2.45) is 4.99 Å². The number of hydrogen-bond acceptors (Lipinski definition) is 5. The molecule has 2 saturated heterocycles. The number of nitrogens with zero attached hydrogens (tertiary/aromatic N) is 1. The number of rotatable bonds is 1. The van der Waals surface area contributed by atoms with E-state index in [9.17, 15) is 8.42 Å². The first kappa shape index (κ1) is 16.3. The Kier molecular flexibility index (Phi) is 5.13. The van der Waals surface area contributed by atoms with Gasteiger partial charge in [0.15, 0.2) is 9.84 Å². The number of fused-ring (bicyclic) bond motifs is 1. The maximum Gasteiger partial charge on any atom is 0.165 e. The monoisotopic (exact) mass is 423 g/mol. The van der Waals surface area contributed by atoms with Gasteiger partial charge in [0.2, 0.25) is 0 Å². The minimum absolute atomic E-state index is 0. The van der Waals surface area contributed by atoms with Crippen molar-refractivity contribution in [3.05, 3.63) is 0 Å². The molecule has 100 valence electrons. The Morgan fingerprint density at radius 2 is 2.12 bits per heavy atom. The summed E-state index contributed by atoms with van der Waals surface area (Å²) in [4.78, 5) is 4.51. The van der Waals surface area contributed by atoms with Gasteiger partial charge in [0.1, 0.15) is 8.53 Å². The molecule has 0 radical (unpaired) electrons. The lowest BCUT2D eigenvalue weighted by Gasteiger charge is -2.22. The Labute approximate surface area is 130 Å². The Bertz CT molecular complexity index is 438. The second-order valence-electron chi connectivity index (χ2n) is 4.53. The van der Waals surface area contributed by atoms with Gasteiger partial charge in [0.25, 0.3) is 0 Å². The maximum absolute atomic E-state index is 11.8. The Morgan fingerprint density at radius 1 is 1.53 bits per heavy atom. The summed E-state index contributed by atoms with van der Waals surface area (Å²) >= 11 is 6.57. The molecule has 8 heteroatoms. The van der Waals surface area contributed by atoms with Crippen molar-refractivity contribution >= 4 is 70.6 Å². The normalized spacial score (nSPS) is 41.6. The van der Waals surface area contributed by atoms with Crippen LogP contribution in [0.3, 0.4) is 0 Å². The highest BCUT2D eigenvalue weighted by Gasteiger charge is 2.60. The minimum Gasteiger partial charge on any atom is -0.269 e. The van der Waals surface area contributed by atoms with E-state index in [1.54, 1.807) is 23.5 Å². The molecule has 17 heavy (non-hydrogen) atoms. The van der Waals surface area contributed by atoms with Crippen LogP contribution < -0.4 is 0 Å². The van der Waals surface area contributed by atoms with E-state index in [-0.39, 0.29) is 38.8 Å². The summed E-state index contributed by atoms with van der Waals surface area (Å²) in [6.07, 6.45) is 0. The zero-order valence-electron chi connectivity index (χ0n) is 9.71. The molecule has 3 unspecified atom stereocenters. The van der Waals surface area contributed by atoms with Gasteiger partial charge in [0, 0.05) is 11.3 Å². The van der Waals surface area contributed by atoms with Gasteiger partial charge >= 0.3 is 0 Å². The first-order valence-electron chi connectivity index (χ1n) is 5.05. The quantitative estimate of drug-likeness (QED) is 0.606. The number of hydrogen-bond donors (Lipinski definition) is 0. The molecule has 2 aliphatic heterocycles. The highest BCUT2D eigenvalue weighted by Crippen LogP contribution is 2.57. The molecule has 2 aliphatic rings. The molecular weight excluding hydrogens is 410 g/mol. The second kappa shape index (κ2) is 5.34. The Hall–Kier alpha value is 1.28. The molecule has 2 fully saturated rings. The van der Waals surface area contributed by atoms with Crippen molar-refractivity contribution in [3.63, 3.8) is 0 Å². The first-order chi connectivity index (χ1) is 7.25. The molecule has 0 aromatic rings. The highest BCUT2D eigenvalue weighted by atomic mass is 79.9. The van der Waals surface area contributed by atoms with Gasteiger partial charge in [0.05, 0.1) is 10.5 Å². The third-order valence-corrected chi connectivity index (χ3v) is 11.1. The average molecular weight is 425 g/mol. The predicted molar refractivity (Wildman–Crippen MR) is 86.8 cm³/mol. The molecule has 0 spiro atoms. The predicted octanol–water partition coefficient (Wildman–Crippen LogP) is 3.09. The summed E-state index contributed by atoms with van der Waals surface area (Å²) in [5, 5.41) is 0.129. The van der Waals surface area contributed by atoms with Crippen LogP contribution in [0.15, 0.2) is 4.99 Å². The molecule has 0 aliphatic carbocycles. The summed E-state index contributed by atoms with van der Waals surface area (Å²) in [5.74, 6) is 0.258. The first-order valence-corrected chi connectivity index (χ1v) is 9.37. The lowest BCUT2D eigenvalue weighted by molar-refractivity contribution is 0.599. The zero-order valence-corrected chi connectivity index (χ0v) is 15.5. The van der Waals surface area contributed by atoms with Crippen LogP contribution in [0.2, 0.25) is 0 Å². The number of alkyl halides is 1. The van der Waals surface area contributed by atoms with E-state index in [0.29, 0.717) is 0 Å². The van der Waals surface area contributed by atoms with Gasteiger partial charge in [-0.3, -0.25) is 4.99 Å². The van der Waals surface area contributed by atoms with Gasteiger partial charge < -0.3 is 0 Å². The van der Waals surface area contributed by atoms with Gasteiger partial charge in [-0.05, 0) is 20.8 Å². The third kappa shape index (κ3) is 2.90. The molecule has 0 aromatic carbocycles. The van der Waals surface area contributed by atoms with Crippen LogP contribution in [0.4, 0.5) is 0 Å². The van der Waals surface area contributed by atoms with Crippen molar-refractivity contribution in [2.45, 2.75) is 41.0 Å². The second-order valence-corrected chi connectivity index (χ2v) is 11.1. The third-order valence-electron chi connectivity index (χ3n) is 2.70. The lowest BCUT2D eigenvalue weighted by atomic mass is 10.1. The lowest BCUT2D eigenvalue weighted by Crippen LogP contribution is -2.33. The SMILES string of the molecule is Br.CC(C)N=C1SC2CS(=O)(=O)C(Br)C2(C)S1. The van der Waals surface area contributed by atoms with Crippen LogP contribution >= 0.6 is 56.4 Å². The van der Waals surface area contributed by atoms with E-state index in [4.69, 9.17) is 0 Å². The van der Waals surface area contributed by atoms with Crippen LogP contribution in [0.25, 0.3) is 0 Å². The molecule has 2 rings (SSSR count). The molecule has 0 amide bonds. The number of halogens is 2. The van der Waals surface area contributed by atoms with Crippen molar-refractivity contribution in [2.75, 3.05) is 5.75 Å². The van der Waals surface area contributed by atoms with Crippen molar-refractivity contribution in [1.29, 1.82) is 0 Å². The fraction of sp³-hybridized carbons (Fsp3) is 0.889. The van der Waals surface area contributed by atoms with E-state index in [1.165, 1.54) is 0 Å². The van der Waals surface area contributed by atoms with Gasteiger partial charge in [-0.2, -0.15) is 0 Å². The molecule has 0 saturated carbocycles. The maximum atomic E-state index is 11.8. The molecule has 0 aromatic heterocycles. The highest BCUT2D eigenvalue weighted by molar-refractivity contribution is 9.11. The number of thioether (sulfide) groups is 2. The largest absolute Gasteiger partial charge is 0.269 e. The van der Waals surface area contributed by atoms with E-state index in [2.05, 4.69) is 20.9 Å². The summed E-state index contributed by atoms with van der Waals surface area (Å²) in [5.41, 5.74) is 0. The molecular formula is C9H15Br2NO2S3. The summed E-state index contributed by atoms with van der Waals surface area (Å²) in [7, 11) is -2.97. The molecule has 0 bridgehead atoms. The summed E-state index contributed by atoms with van der Waals surface area (Å²) in [6, 6.07) is 0.266. The minimum atomic E-state index is -2.97. The Balaban J connectivity index is 0.00000144. The van der Waals surface area contributed by atoms with E-state index in [1.807, 2.05) is 20.8 Å². The molecule has 2 heterocycles. The van der Waals surface area contributed by atoms with Crippen LogP contribution in [0, 0.1) is 0 Å². The van der Waals surface area contributed by atoms with Crippen LogP contribution in [0.1, 0.15) is 20.8 Å². The molecule has 3 nitrogen and oxygen atoms in total. The van der Waals surface area contributed by atoms with Crippen LogP contribution in [-0.2, 0) is 9.84 Å². The zero-order chi connectivity index (χ0) is 12.1.